The van der Waals surface area contributed by atoms with Gasteiger partial charge in [-0.15, -0.1) is 6.58 Å². The summed E-state index contributed by atoms with van der Waals surface area (Å²) in [5.74, 6) is 0.988. The first-order valence-electron chi connectivity index (χ1n) is 9.72. The number of allylic oxidation sites excluding steroid dienone is 1. The normalized spacial score (nSPS) is 10.9. The third kappa shape index (κ3) is 5.64. The molecule has 0 aliphatic rings. The summed E-state index contributed by atoms with van der Waals surface area (Å²) in [6.07, 6.45) is 5.60. The molecule has 0 aliphatic heterocycles. The summed E-state index contributed by atoms with van der Waals surface area (Å²) in [6.45, 7) is 10.2. The Bertz CT molecular complexity index is 1130. The first-order valence-corrected chi connectivity index (χ1v) is 10.5. The zero-order valence-corrected chi connectivity index (χ0v) is 18.8. The van der Waals surface area contributed by atoms with Gasteiger partial charge in [-0.25, -0.2) is 5.43 Å². The van der Waals surface area contributed by atoms with Crippen molar-refractivity contribution in [3.05, 3.63) is 83.1 Å². The molecule has 0 radical (unpaired) electrons. The maximum atomic E-state index is 12.4. The Balaban J connectivity index is 1.80. The maximum Gasteiger partial charge on any atom is 0.307 e. The van der Waals surface area contributed by atoms with E-state index in [-0.39, 0.29) is 5.76 Å². The first kappa shape index (κ1) is 22.4. The van der Waals surface area contributed by atoms with Crippen molar-refractivity contribution in [1.82, 2.24) is 5.43 Å². The van der Waals surface area contributed by atoms with Crippen LogP contribution in [-0.2, 0) is 6.42 Å². The number of fused-ring (bicyclic) bond motifs is 1. The van der Waals surface area contributed by atoms with Gasteiger partial charge in [-0.2, -0.15) is 5.10 Å². The topological polar surface area (TPSA) is 73.1 Å². The van der Waals surface area contributed by atoms with Crippen LogP contribution in [-0.4, -0.2) is 25.3 Å². The summed E-state index contributed by atoms with van der Waals surface area (Å²) in [7, 11) is 0. The van der Waals surface area contributed by atoms with E-state index < -0.39 is 5.91 Å². The van der Waals surface area contributed by atoms with Crippen LogP contribution < -0.4 is 14.9 Å². The minimum absolute atomic E-state index is 0.181. The number of hydrogen-bond acceptors (Lipinski definition) is 5. The molecule has 6 nitrogen and oxygen atoms in total. The van der Waals surface area contributed by atoms with Gasteiger partial charge in [-0.1, -0.05) is 34.7 Å². The number of halogens is 1. The van der Waals surface area contributed by atoms with E-state index in [2.05, 4.69) is 39.6 Å². The van der Waals surface area contributed by atoms with Crippen LogP contribution in [0.3, 0.4) is 0 Å². The van der Waals surface area contributed by atoms with Crippen molar-refractivity contribution in [1.29, 1.82) is 0 Å². The van der Waals surface area contributed by atoms with Gasteiger partial charge in [0.2, 0.25) is 0 Å². The molecule has 7 heteroatoms. The average Bonchev–Trinajstić information content (AvgIpc) is 3.17. The van der Waals surface area contributed by atoms with E-state index >= 15 is 0 Å². The van der Waals surface area contributed by atoms with E-state index in [0.29, 0.717) is 36.7 Å². The van der Waals surface area contributed by atoms with Gasteiger partial charge in [0.1, 0.15) is 12.2 Å². The molecule has 0 atom stereocenters. The molecule has 0 fully saturated rings. The van der Waals surface area contributed by atoms with Gasteiger partial charge in [0.25, 0.3) is 0 Å². The van der Waals surface area contributed by atoms with Crippen molar-refractivity contribution in [2.24, 2.45) is 5.10 Å². The smallest absolute Gasteiger partial charge is 0.307 e. The summed E-state index contributed by atoms with van der Waals surface area (Å²) in [5.41, 5.74) is 4.77. The van der Waals surface area contributed by atoms with E-state index in [0.717, 1.165) is 21.0 Å². The second-order valence-corrected chi connectivity index (χ2v) is 7.44. The molecule has 0 saturated carbocycles. The molecule has 0 unspecified atom stereocenters. The fraction of sp³-hybridized carbons (Fsp3) is 0.167. The molecule has 0 saturated heterocycles. The number of rotatable bonds is 10. The highest BCUT2D eigenvalue weighted by Crippen LogP contribution is 2.33. The lowest BCUT2D eigenvalue weighted by Crippen LogP contribution is -2.16. The van der Waals surface area contributed by atoms with E-state index in [1.165, 1.54) is 0 Å². The second kappa shape index (κ2) is 10.6. The molecule has 160 valence electrons. The quantitative estimate of drug-likeness (QED) is 0.230. The molecule has 3 aromatic rings. The number of nitrogens with zero attached hydrogens (tertiary/aromatic N) is 1. The first-order chi connectivity index (χ1) is 15.0. The van der Waals surface area contributed by atoms with Crippen LogP contribution in [0.4, 0.5) is 0 Å². The number of hydrazone groups is 1. The predicted octanol–water partition coefficient (Wildman–Crippen LogP) is 5.65. The lowest BCUT2D eigenvalue weighted by Gasteiger charge is -2.15. The molecule has 1 heterocycles. The van der Waals surface area contributed by atoms with Crippen LogP contribution in [0.5, 0.6) is 11.5 Å². The number of amides is 1. The highest BCUT2D eigenvalue weighted by molar-refractivity contribution is 9.10. The number of benzene rings is 2. The zero-order chi connectivity index (χ0) is 22.2. The fourth-order valence-corrected chi connectivity index (χ4v) is 3.36. The Morgan fingerprint density at radius 1 is 1.19 bits per heavy atom. The van der Waals surface area contributed by atoms with Crippen molar-refractivity contribution in [3.8, 4) is 11.5 Å². The summed E-state index contributed by atoms with van der Waals surface area (Å²) in [5, 5.41) is 4.90. The SMILES string of the molecule is C=CCOc1c(CC=C)cc(/C=N/NC(=O)c2cc3cc(Br)ccc3o2)cc1OCC. The number of carbonyl (C=O) groups is 1. The van der Waals surface area contributed by atoms with Crippen molar-refractivity contribution in [3.63, 3.8) is 0 Å². The van der Waals surface area contributed by atoms with Crippen molar-refractivity contribution in [2.45, 2.75) is 13.3 Å². The highest BCUT2D eigenvalue weighted by Gasteiger charge is 2.14. The fourth-order valence-electron chi connectivity index (χ4n) is 2.98. The summed E-state index contributed by atoms with van der Waals surface area (Å²) in [6, 6.07) is 10.9. The van der Waals surface area contributed by atoms with Crippen LogP contribution >= 0.6 is 15.9 Å². The van der Waals surface area contributed by atoms with Gasteiger partial charge in [-0.05, 0) is 55.3 Å². The summed E-state index contributed by atoms with van der Waals surface area (Å²) >= 11 is 3.40. The lowest BCUT2D eigenvalue weighted by molar-refractivity contribution is 0.0929. The molecule has 0 bridgehead atoms. The standard InChI is InChI=1S/C24H23BrN2O4/c1-4-7-17-11-16(12-21(29-6-3)23(17)30-10-5-2)15-26-27-24(28)22-14-18-13-19(25)8-9-20(18)31-22/h4-5,8-9,11-15H,1-2,6-7,10H2,3H3,(H,27,28)/b26-15+. The van der Waals surface area contributed by atoms with Gasteiger partial charge >= 0.3 is 5.91 Å². The number of carbonyl (C=O) groups excluding carboxylic acids is 1. The molecule has 2 aromatic carbocycles. The van der Waals surface area contributed by atoms with Crippen molar-refractivity contribution < 1.29 is 18.7 Å². The minimum Gasteiger partial charge on any atom is -0.490 e. The highest BCUT2D eigenvalue weighted by atomic mass is 79.9. The third-order valence-electron chi connectivity index (χ3n) is 4.25. The van der Waals surface area contributed by atoms with E-state index in [4.69, 9.17) is 13.9 Å². The van der Waals surface area contributed by atoms with Crippen molar-refractivity contribution in [2.75, 3.05) is 13.2 Å². The van der Waals surface area contributed by atoms with Gasteiger partial charge in [-0.3, -0.25) is 4.79 Å². The molecular weight excluding hydrogens is 460 g/mol. The molecule has 0 aliphatic carbocycles. The minimum atomic E-state index is -0.439. The molecular formula is C24H23BrN2O4. The predicted molar refractivity (Wildman–Crippen MR) is 126 cm³/mol. The molecule has 3 rings (SSSR count). The van der Waals surface area contributed by atoms with Gasteiger partial charge < -0.3 is 13.9 Å². The van der Waals surface area contributed by atoms with Crippen LogP contribution in [0.25, 0.3) is 11.0 Å². The Hall–Kier alpha value is -3.32. The second-order valence-electron chi connectivity index (χ2n) is 6.52. The van der Waals surface area contributed by atoms with Crippen LogP contribution in [0.1, 0.15) is 28.6 Å². The Kier molecular flexibility index (Phi) is 7.67. The number of ether oxygens (including phenoxy) is 2. The Labute approximate surface area is 189 Å². The summed E-state index contributed by atoms with van der Waals surface area (Å²) < 4.78 is 18.0. The zero-order valence-electron chi connectivity index (χ0n) is 17.2. The van der Waals surface area contributed by atoms with E-state index in [1.807, 2.05) is 31.2 Å². The number of nitrogens with one attached hydrogen (secondary N) is 1. The average molecular weight is 483 g/mol. The Morgan fingerprint density at radius 2 is 2.03 bits per heavy atom. The van der Waals surface area contributed by atoms with Crippen LogP contribution in [0.2, 0.25) is 0 Å². The monoisotopic (exact) mass is 482 g/mol. The van der Waals surface area contributed by atoms with Gasteiger partial charge in [0, 0.05) is 15.4 Å². The van der Waals surface area contributed by atoms with E-state index in [9.17, 15) is 4.79 Å². The molecule has 1 N–H and O–H groups in total. The Morgan fingerprint density at radius 3 is 2.77 bits per heavy atom. The molecule has 1 aromatic heterocycles. The summed E-state index contributed by atoms with van der Waals surface area (Å²) in [4.78, 5) is 12.4. The van der Waals surface area contributed by atoms with Crippen LogP contribution in [0, 0.1) is 0 Å². The lowest BCUT2D eigenvalue weighted by atomic mass is 10.1. The third-order valence-corrected chi connectivity index (χ3v) is 4.74. The number of furan rings is 1. The van der Waals surface area contributed by atoms with Gasteiger partial charge in [0.15, 0.2) is 17.3 Å². The molecule has 31 heavy (non-hydrogen) atoms. The maximum absolute atomic E-state index is 12.4. The van der Waals surface area contributed by atoms with Gasteiger partial charge in [0.05, 0.1) is 12.8 Å². The molecule has 0 spiro atoms. The van der Waals surface area contributed by atoms with E-state index in [1.54, 1.807) is 30.5 Å². The largest absolute Gasteiger partial charge is 0.490 e. The van der Waals surface area contributed by atoms with Crippen molar-refractivity contribution >= 4 is 39.0 Å². The number of hydrogen-bond donors (Lipinski definition) is 1. The molecule has 1 amide bonds. The van der Waals surface area contributed by atoms with Crippen LogP contribution in [0.15, 0.2) is 75.7 Å².